The van der Waals surface area contributed by atoms with E-state index in [9.17, 15) is 9.18 Å². The number of rotatable bonds is 2. The highest BCUT2D eigenvalue weighted by molar-refractivity contribution is 6.30. The van der Waals surface area contributed by atoms with E-state index >= 15 is 0 Å². The Balaban J connectivity index is 2.45. The highest BCUT2D eigenvalue weighted by Crippen LogP contribution is 2.50. The molecular weight excluding hydrogens is 219 g/mol. The van der Waals surface area contributed by atoms with Gasteiger partial charge in [0.15, 0.2) is 0 Å². The third-order valence-electron chi connectivity index (χ3n) is 2.77. The summed E-state index contributed by atoms with van der Waals surface area (Å²) in [6.45, 7) is 0. The molecule has 0 bridgehead atoms. The van der Waals surface area contributed by atoms with Gasteiger partial charge in [-0.15, -0.1) is 0 Å². The molecule has 0 unspecified atom stereocenters. The molecule has 0 spiro atoms. The first-order valence-corrected chi connectivity index (χ1v) is 5.02. The summed E-state index contributed by atoms with van der Waals surface area (Å²) in [5.74, 6) is -0.786. The Morgan fingerprint density at radius 3 is 2.73 bits per heavy atom. The van der Waals surface area contributed by atoms with Gasteiger partial charge in [-0.05, 0) is 31.0 Å². The van der Waals surface area contributed by atoms with E-state index in [1.165, 1.54) is 25.3 Å². The summed E-state index contributed by atoms with van der Waals surface area (Å²) in [6.07, 6.45) is 1.24. The van der Waals surface area contributed by atoms with Crippen LogP contribution in [0.25, 0.3) is 0 Å². The second-order valence-corrected chi connectivity index (χ2v) is 4.13. The Kier molecular flexibility index (Phi) is 2.43. The maximum atomic E-state index is 13.5. The number of halogens is 2. The smallest absolute Gasteiger partial charge is 0.316 e. The zero-order valence-electron chi connectivity index (χ0n) is 8.22. The number of carbonyl (C=O) groups is 1. The van der Waals surface area contributed by atoms with E-state index in [0.29, 0.717) is 23.4 Å². The van der Waals surface area contributed by atoms with E-state index < -0.39 is 11.2 Å². The van der Waals surface area contributed by atoms with Crippen molar-refractivity contribution in [2.24, 2.45) is 0 Å². The van der Waals surface area contributed by atoms with Gasteiger partial charge in [-0.1, -0.05) is 11.6 Å². The molecule has 0 atom stereocenters. The van der Waals surface area contributed by atoms with Crippen LogP contribution in [0.3, 0.4) is 0 Å². The van der Waals surface area contributed by atoms with Crippen LogP contribution in [0.5, 0.6) is 0 Å². The molecule has 2 rings (SSSR count). The summed E-state index contributed by atoms with van der Waals surface area (Å²) in [6, 6.07) is 4.25. The second-order valence-electron chi connectivity index (χ2n) is 3.70. The van der Waals surface area contributed by atoms with Crippen molar-refractivity contribution in [2.45, 2.75) is 18.3 Å². The maximum Gasteiger partial charge on any atom is 0.316 e. The van der Waals surface area contributed by atoms with E-state index in [1.807, 2.05) is 0 Å². The molecule has 0 heterocycles. The molecule has 80 valence electrons. The summed E-state index contributed by atoms with van der Waals surface area (Å²) in [7, 11) is 1.31. The fourth-order valence-corrected chi connectivity index (χ4v) is 1.94. The third-order valence-corrected chi connectivity index (χ3v) is 3.01. The predicted octanol–water partition coefficient (Wildman–Crippen LogP) is 2.68. The number of benzene rings is 1. The third kappa shape index (κ3) is 1.61. The fraction of sp³-hybridized carbons (Fsp3) is 0.364. The number of esters is 1. The first-order chi connectivity index (χ1) is 7.10. The van der Waals surface area contributed by atoms with Gasteiger partial charge in [0, 0.05) is 10.6 Å². The van der Waals surface area contributed by atoms with E-state index in [2.05, 4.69) is 4.74 Å². The van der Waals surface area contributed by atoms with E-state index in [1.54, 1.807) is 0 Å². The fourth-order valence-electron chi connectivity index (χ4n) is 1.77. The van der Waals surface area contributed by atoms with Crippen LogP contribution < -0.4 is 0 Å². The Bertz CT molecular complexity index is 413. The summed E-state index contributed by atoms with van der Waals surface area (Å²) < 4.78 is 18.2. The zero-order valence-corrected chi connectivity index (χ0v) is 8.97. The molecule has 4 heteroatoms. The molecule has 1 aliphatic rings. The molecule has 1 aromatic rings. The van der Waals surface area contributed by atoms with Gasteiger partial charge in [-0.2, -0.15) is 0 Å². The topological polar surface area (TPSA) is 26.3 Å². The molecule has 1 saturated carbocycles. The van der Waals surface area contributed by atoms with Gasteiger partial charge in [-0.3, -0.25) is 4.79 Å². The van der Waals surface area contributed by atoms with Crippen molar-refractivity contribution in [3.63, 3.8) is 0 Å². The maximum absolute atomic E-state index is 13.5. The first-order valence-electron chi connectivity index (χ1n) is 4.64. The summed E-state index contributed by atoms with van der Waals surface area (Å²) in [4.78, 5) is 11.5. The molecule has 0 aromatic heterocycles. The Hall–Kier alpha value is -1.09. The van der Waals surface area contributed by atoms with Crippen LogP contribution >= 0.6 is 11.6 Å². The second kappa shape index (κ2) is 3.49. The van der Waals surface area contributed by atoms with Crippen LogP contribution in [0.2, 0.25) is 5.02 Å². The first kappa shape index (κ1) is 10.4. The lowest BCUT2D eigenvalue weighted by Crippen LogP contribution is -2.23. The van der Waals surface area contributed by atoms with E-state index in [-0.39, 0.29) is 5.97 Å². The molecule has 0 radical (unpaired) electrons. The Labute approximate surface area is 92.0 Å². The lowest BCUT2D eigenvalue weighted by molar-refractivity contribution is -0.143. The standard InChI is InChI=1S/C11H10ClFO2/c1-15-10(14)11(4-5-11)8-6-7(12)2-3-9(8)13/h2-3,6H,4-5H2,1H3. The molecule has 0 aliphatic heterocycles. The van der Waals surface area contributed by atoms with Crippen LogP contribution in [0.1, 0.15) is 18.4 Å². The van der Waals surface area contributed by atoms with Gasteiger partial charge >= 0.3 is 5.97 Å². The Morgan fingerprint density at radius 2 is 2.20 bits per heavy atom. The van der Waals surface area contributed by atoms with Crippen LogP contribution in [-0.2, 0) is 14.9 Å². The van der Waals surface area contributed by atoms with Crippen molar-refractivity contribution in [3.05, 3.63) is 34.6 Å². The quantitative estimate of drug-likeness (QED) is 0.728. The number of hydrogen-bond acceptors (Lipinski definition) is 2. The molecule has 0 N–H and O–H groups in total. The summed E-state index contributed by atoms with van der Waals surface area (Å²) in [5, 5.41) is 0.432. The normalized spacial score (nSPS) is 17.3. The van der Waals surface area contributed by atoms with Gasteiger partial charge in [0.2, 0.25) is 0 Å². The summed E-state index contributed by atoms with van der Waals surface area (Å²) in [5.41, 5.74) is -0.439. The monoisotopic (exact) mass is 228 g/mol. The highest BCUT2D eigenvalue weighted by Gasteiger charge is 2.54. The van der Waals surface area contributed by atoms with Crippen LogP contribution in [-0.4, -0.2) is 13.1 Å². The average molecular weight is 229 g/mol. The minimum absolute atomic E-state index is 0.349. The van der Waals surface area contributed by atoms with Gasteiger partial charge in [0.25, 0.3) is 0 Å². The number of ether oxygens (including phenoxy) is 1. The van der Waals surface area contributed by atoms with Crippen LogP contribution in [0.4, 0.5) is 4.39 Å². The SMILES string of the molecule is COC(=O)C1(c2cc(Cl)ccc2F)CC1. The molecule has 1 fully saturated rings. The molecule has 0 amide bonds. The van der Waals surface area contributed by atoms with Crippen molar-refractivity contribution in [1.29, 1.82) is 0 Å². The molecule has 15 heavy (non-hydrogen) atoms. The largest absolute Gasteiger partial charge is 0.468 e. The molecule has 0 saturated heterocycles. The van der Waals surface area contributed by atoms with Gasteiger partial charge in [-0.25, -0.2) is 4.39 Å². The molecule has 1 aromatic carbocycles. The lowest BCUT2D eigenvalue weighted by atomic mass is 9.95. The average Bonchev–Trinajstić information content (AvgIpc) is 3.01. The van der Waals surface area contributed by atoms with Crippen LogP contribution in [0, 0.1) is 5.82 Å². The highest BCUT2D eigenvalue weighted by atomic mass is 35.5. The molecule has 1 aliphatic carbocycles. The number of carbonyl (C=O) groups excluding carboxylic acids is 1. The van der Waals surface area contributed by atoms with Crippen molar-refractivity contribution in [2.75, 3.05) is 7.11 Å². The number of methoxy groups -OCH3 is 1. The van der Waals surface area contributed by atoms with Gasteiger partial charge < -0.3 is 4.74 Å². The lowest BCUT2D eigenvalue weighted by Gasteiger charge is -2.13. The molecule has 2 nitrogen and oxygen atoms in total. The van der Waals surface area contributed by atoms with Crippen molar-refractivity contribution < 1.29 is 13.9 Å². The summed E-state index contributed by atoms with van der Waals surface area (Å²) >= 11 is 5.78. The van der Waals surface area contributed by atoms with Crippen molar-refractivity contribution in [3.8, 4) is 0 Å². The minimum atomic E-state index is -0.788. The van der Waals surface area contributed by atoms with E-state index in [4.69, 9.17) is 11.6 Å². The predicted molar refractivity (Wildman–Crippen MR) is 54.3 cm³/mol. The minimum Gasteiger partial charge on any atom is -0.468 e. The zero-order chi connectivity index (χ0) is 11.1. The Morgan fingerprint density at radius 1 is 1.53 bits per heavy atom. The van der Waals surface area contributed by atoms with E-state index in [0.717, 1.165) is 0 Å². The number of hydrogen-bond donors (Lipinski definition) is 0. The van der Waals surface area contributed by atoms with Crippen LogP contribution in [0.15, 0.2) is 18.2 Å². The molecular formula is C11H10ClFO2. The van der Waals surface area contributed by atoms with Crippen molar-refractivity contribution >= 4 is 17.6 Å². The van der Waals surface area contributed by atoms with Crippen molar-refractivity contribution in [1.82, 2.24) is 0 Å². The van der Waals surface area contributed by atoms with Gasteiger partial charge in [0.1, 0.15) is 5.82 Å². The van der Waals surface area contributed by atoms with Gasteiger partial charge in [0.05, 0.1) is 12.5 Å².